The van der Waals surface area contributed by atoms with Crippen molar-refractivity contribution in [2.24, 2.45) is 5.11 Å². The molecule has 2 aromatic rings. The maximum Gasteiger partial charge on any atom is 0.414 e. The second-order valence-corrected chi connectivity index (χ2v) is 5.88. The topological polar surface area (TPSA) is 117 Å². The third kappa shape index (κ3) is 4.68. The molecule has 1 fully saturated rings. The first-order chi connectivity index (χ1) is 13.6. The van der Waals surface area contributed by atoms with Crippen LogP contribution in [-0.2, 0) is 16.1 Å². The lowest BCUT2D eigenvalue weighted by atomic mass is 10.2. The van der Waals surface area contributed by atoms with E-state index in [0.717, 1.165) is 11.6 Å². The van der Waals surface area contributed by atoms with Gasteiger partial charge in [0, 0.05) is 4.91 Å². The molecular weight excluding hydrogens is 369 g/mol. The number of hydrogen-bond acceptors (Lipinski definition) is 5. The maximum absolute atomic E-state index is 14.3. The van der Waals surface area contributed by atoms with Crippen LogP contribution >= 0.6 is 0 Å². The summed E-state index contributed by atoms with van der Waals surface area (Å²) >= 11 is 0. The zero-order valence-electron chi connectivity index (χ0n) is 14.6. The van der Waals surface area contributed by atoms with Crippen molar-refractivity contribution in [2.75, 3.05) is 23.3 Å². The van der Waals surface area contributed by atoms with Gasteiger partial charge in [0.05, 0.1) is 24.5 Å². The summed E-state index contributed by atoms with van der Waals surface area (Å²) in [7, 11) is 0. The molecule has 0 aliphatic carbocycles. The molecule has 1 heterocycles. The molecule has 10 heteroatoms. The minimum atomic E-state index is -0.800. The lowest BCUT2D eigenvalue weighted by Gasteiger charge is -2.14. The molecule has 9 nitrogen and oxygen atoms in total. The van der Waals surface area contributed by atoms with Gasteiger partial charge in [-0.05, 0) is 29.3 Å². The second-order valence-electron chi connectivity index (χ2n) is 5.88. The predicted octanol–water partition coefficient (Wildman–Crippen LogP) is 4.21. The lowest BCUT2D eigenvalue weighted by molar-refractivity contribution is 0.145. The van der Waals surface area contributed by atoms with Crippen LogP contribution < -0.4 is 10.2 Å². The number of carbonyl (C=O) groups is 2. The van der Waals surface area contributed by atoms with Crippen molar-refractivity contribution < 1.29 is 23.5 Å². The van der Waals surface area contributed by atoms with Gasteiger partial charge in [0.1, 0.15) is 18.5 Å². The van der Waals surface area contributed by atoms with Crippen molar-refractivity contribution in [1.29, 1.82) is 0 Å². The fraction of sp³-hybridized carbons (Fsp3) is 0.222. The van der Waals surface area contributed by atoms with Crippen molar-refractivity contribution in [1.82, 2.24) is 0 Å². The van der Waals surface area contributed by atoms with E-state index in [1.165, 1.54) is 17.0 Å². The largest absolute Gasteiger partial charge is 0.444 e. The molecule has 28 heavy (non-hydrogen) atoms. The number of hydrogen-bond donors (Lipinski definition) is 1. The average molecular weight is 385 g/mol. The molecule has 1 N–H and O–H groups in total. The third-order valence-corrected chi connectivity index (χ3v) is 3.94. The number of benzene rings is 2. The average Bonchev–Trinajstić information content (AvgIpc) is 3.07. The van der Waals surface area contributed by atoms with Crippen LogP contribution in [-0.4, -0.2) is 31.4 Å². The molecule has 1 atom stereocenters. The van der Waals surface area contributed by atoms with Crippen molar-refractivity contribution >= 4 is 23.6 Å². The third-order valence-electron chi connectivity index (χ3n) is 3.94. The van der Waals surface area contributed by atoms with Crippen molar-refractivity contribution in [3.8, 4) is 0 Å². The van der Waals surface area contributed by atoms with Crippen LogP contribution in [0, 0.1) is 5.82 Å². The first-order valence-corrected chi connectivity index (χ1v) is 8.33. The van der Waals surface area contributed by atoms with Gasteiger partial charge in [-0.2, -0.15) is 0 Å². The standard InChI is InChI=1S/C18H16FN5O4/c19-15-8-13(24-10-14(9-21-23-20)28-18(24)26)6-7-16(15)22-17(25)27-11-12-4-2-1-3-5-12/h1-8,14H,9-11H2,(H,22,25). The molecule has 0 saturated carbocycles. The van der Waals surface area contributed by atoms with Crippen LogP contribution in [0.2, 0.25) is 0 Å². The molecule has 1 aliphatic rings. The van der Waals surface area contributed by atoms with Gasteiger partial charge in [-0.3, -0.25) is 10.2 Å². The molecule has 1 saturated heterocycles. The number of halogens is 1. The van der Waals surface area contributed by atoms with Crippen molar-refractivity contribution in [2.45, 2.75) is 12.7 Å². The number of cyclic esters (lactones) is 1. The van der Waals surface area contributed by atoms with Gasteiger partial charge in [0.15, 0.2) is 0 Å². The van der Waals surface area contributed by atoms with Gasteiger partial charge in [-0.25, -0.2) is 14.0 Å². The number of ether oxygens (including phenoxy) is 2. The van der Waals surface area contributed by atoms with E-state index < -0.39 is 24.1 Å². The van der Waals surface area contributed by atoms with Crippen LogP contribution in [0.5, 0.6) is 0 Å². The SMILES string of the molecule is [N-]=[N+]=NCC1CN(c2ccc(NC(=O)OCc3ccccc3)c(F)c2)C(=O)O1. The summed E-state index contributed by atoms with van der Waals surface area (Å²) in [6.07, 6.45) is -2.07. The van der Waals surface area contributed by atoms with Gasteiger partial charge in [0.2, 0.25) is 0 Å². The van der Waals surface area contributed by atoms with Crippen LogP contribution in [0.3, 0.4) is 0 Å². The van der Waals surface area contributed by atoms with Gasteiger partial charge in [-0.15, -0.1) is 0 Å². The Kier molecular flexibility index (Phi) is 5.93. The highest BCUT2D eigenvalue weighted by Crippen LogP contribution is 2.26. The van der Waals surface area contributed by atoms with Gasteiger partial charge in [0.25, 0.3) is 0 Å². The lowest BCUT2D eigenvalue weighted by Crippen LogP contribution is -2.25. The molecule has 0 aromatic heterocycles. The summed E-state index contributed by atoms with van der Waals surface area (Å²) in [6, 6.07) is 13.0. The molecule has 1 unspecified atom stereocenters. The first kappa shape index (κ1) is 19.0. The molecule has 0 radical (unpaired) electrons. The minimum absolute atomic E-state index is 0.00584. The Morgan fingerprint density at radius 3 is 2.86 bits per heavy atom. The summed E-state index contributed by atoms with van der Waals surface area (Å²) < 4.78 is 24.4. The normalized spacial score (nSPS) is 15.5. The van der Waals surface area contributed by atoms with E-state index in [-0.39, 0.29) is 31.1 Å². The van der Waals surface area contributed by atoms with Crippen LogP contribution in [0.15, 0.2) is 53.6 Å². The second kappa shape index (κ2) is 8.74. The van der Waals surface area contributed by atoms with E-state index in [1.54, 1.807) is 12.1 Å². The summed E-state index contributed by atoms with van der Waals surface area (Å²) in [5.41, 5.74) is 9.30. The van der Waals surface area contributed by atoms with E-state index in [1.807, 2.05) is 18.2 Å². The Hall–Kier alpha value is -3.78. The molecule has 1 aliphatic heterocycles. The van der Waals surface area contributed by atoms with E-state index in [0.29, 0.717) is 0 Å². The highest BCUT2D eigenvalue weighted by atomic mass is 19.1. The summed E-state index contributed by atoms with van der Waals surface area (Å²) in [5.74, 6) is -0.736. The van der Waals surface area contributed by atoms with E-state index in [2.05, 4.69) is 15.3 Å². The monoisotopic (exact) mass is 385 g/mol. The number of nitrogens with one attached hydrogen (secondary N) is 1. The van der Waals surface area contributed by atoms with E-state index >= 15 is 0 Å². The Labute approximate surface area is 159 Å². The van der Waals surface area contributed by atoms with E-state index in [4.69, 9.17) is 15.0 Å². The fourth-order valence-electron chi connectivity index (χ4n) is 2.60. The number of nitrogens with zero attached hydrogens (tertiary/aromatic N) is 4. The predicted molar refractivity (Wildman–Crippen MR) is 98.3 cm³/mol. The number of rotatable bonds is 6. The summed E-state index contributed by atoms with van der Waals surface area (Å²) in [6.45, 7) is 0.176. The Bertz CT molecular complexity index is 917. The van der Waals surface area contributed by atoms with Gasteiger partial charge < -0.3 is 9.47 Å². The number of carbonyl (C=O) groups excluding carboxylic acids is 2. The van der Waals surface area contributed by atoms with Crippen molar-refractivity contribution in [3.63, 3.8) is 0 Å². The molecule has 2 amide bonds. The van der Waals surface area contributed by atoms with E-state index in [9.17, 15) is 14.0 Å². The van der Waals surface area contributed by atoms with Gasteiger partial charge >= 0.3 is 12.2 Å². The smallest absolute Gasteiger partial charge is 0.414 e. The minimum Gasteiger partial charge on any atom is -0.444 e. The number of amides is 2. The Balaban J connectivity index is 1.60. The van der Waals surface area contributed by atoms with Crippen LogP contribution in [0.1, 0.15) is 5.56 Å². The number of azide groups is 1. The van der Waals surface area contributed by atoms with Crippen LogP contribution in [0.4, 0.5) is 25.4 Å². The quantitative estimate of drug-likeness (QED) is 0.455. The molecule has 2 aromatic carbocycles. The van der Waals surface area contributed by atoms with Crippen LogP contribution in [0.25, 0.3) is 10.4 Å². The highest BCUT2D eigenvalue weighted by Gasteiger charge is 2.32. The summed E-state index contributed by atoms with van der Waals surface area (Å²) in [5, 5.41) is 5.68. The highest BCUT2D eigenvalue weighted by molar-refractivity contribution is 5.91. The summed E-state index contributed by atoms with van der Waals surface area (Å²) in [4.78, 5) is 27.6. The zero-order chi connectivity index (χ0) is 19.9. The zero-order valence-corrected chi connectivity index (χ0v) is 14.6. The molecule has 0 spiro atoms. The Morgan fingerprint density at radius 2 is 2.14 bits per heavy atom. The molecule has 0 bridgehead atoms. The fourth-order valence-corrected chi connectivity index (χ4v) is 2.60. The maximum atomic E-state index is 14.3. The van der Waals surface area contributed by atoms with Crippen molar-refractivity contribution in [3.05, 3.63) is 70.4 Å². The molecule has 3 rings (SSSR count). The number of anilines is 2. The molecular formula is C18H16FN5O4. The van der Waals surface area contributed by atoms with Gasteiger partial charge in [-0.1, -0.05) is 35.4 Å². The first-order valence-electron chi connectivity index (χ1n) is 8.33. The molecule has 144 valence electrons. The Morgan fingerprint density at radius 1 is 1.36 bits per heavy atom.